The van der Waals surface area contributed by atoms with Crippen LogP contribution in [0.1, 0.15) is 5.56 Å². The smallest absolute Gasteiger partial charge is 0.300 e. The van der Waals surface area contributed by atoms with Crippen LogP contribution in [-0.2, 0) is 19.1 Å². The van der Waals surface area contributed by atoms with E-state index >= 15 is 0 Å². The number of hydrogen-bond donors (Lipinski definition) is 2. The summed E-state index contributed by atoms with van der Waals surface area (Å²) in [6.07, 6.45) is -1.20. The number of aromatic nitrogens is 1. The number of amides is 1. The Bertz CT molecular complexity index is 1290. The van der Waals surface area contributed by atoms with Crippen LogP contribution < -0.4 is 20.7 Å². The number of benzene rings is 2. The van der Waals surface area contributed by atoms with Gasteiger partial charge < -0.3 is 20.2 Å². The summed E-state index contributed by atoms with van der Waals surface area (Å²) in [5, 5.41) is 2.37. The Morgan fingerprint density at radius 3 is 2.62 bits per heavy atom. The number of aryl methyl sites for hydroxylation is 1. The van der Waals surface area contributed by atoms with E-state index in [1.54, 1.807) is 24.3 Å². The topological polar surface area (TPSA) is 137 Å². The zero-order valence-electron chi connectivity index (χ0n) is 18.8. The number of hydrogen-bond acceptors (Lipinski definition) is 9. The molecule has 0 saturated heterocycles. The van der Waals surface area contributed by atoms with Gasteiger partial charge in [-0.3, -0.25) is 9.69 Å². The molecule has 182 valence electrons. The van der Waals surface area contributed by atoms with Crippen molar-refractivity contribution < 1.29 is 30.9 Å². The van der Waals surface area contributed by atoms with E-state index in [4.69, 9.17) is 19.1 Å². The van der Waals surface area contributed by atoms with E-state index in [0.717, 1.165) is 10.5 Å². The van der Waals surface area contributed by atoms with Gasteiger partial charge >= 0.3 is 6.01 Å². The minimum Gasteiger partial charge on any atom is -0.489 e. The summed E-state index contributed by atoms with van der Waals surface area (Å²) < 4.78 is 54.7. The van der Waals surface area contributed by atoms with Gasteiger partial charge in [-0.05, 0) is 31.2 Å². The van der Waals surface area contributed by atoms with E-state index in [1.807, 2.05) is 6.92 Å². The van der Waals surface area contributed by atoms with Gasteiger partial charge in [0.15, 0.2) is 5.58 Å². The Morgan fingerprint density at radius 2 is 2.00 bits per heavy atom. The van der Waals surface area contributed by atoms with Crippen LogP contribution in [0.25, 0.3) is 11.1 Å². The number of rotatable bonds is 10. The van der Waals surface area contributed by atoms with E-state index in [-0.39, 0.29) is 29.6 Å². The normalized spacial score (nSPS) is 13.0. The summed E-state index contributed by atoms with van der Waals surface area (Å²) in [5.41, 5.74) is 7.29. The fraction of sp³-hybridized carbons (Fsp3) is 0.273. The van der Waals surface area contributed by atoms with Crippen LogP contribution in [0.5, 0.6) is 5.75 Å². The fourth-order valence-corrected chi connectivity index (χ4v) is 3.87. The third kappa shape index (κ3) is 5.71. The number of nitrogens with two attached hydrogens (primary N) is 1. The van der Waals surface area contributed by atoms with Gasteiger partial charge in [0.05, 0.1) is 11.2 Å². The van der Waals surface area contributed by atoms with Crippen molar-refractivity contribution in [3.05, 3.63) is 59.9 Å². The molecule has 3 N–H and O–H groups in total. The molecular weight excluding hydrogens is 467 g/mol. The molecule has 0 aliphatic rings. The molecule has 3 rings (SSSR count). The van der Waals surface area contributed by atoms with Crippen molar-refractivity contribution in [2.24, 2.45) is 5.73 Å². The van der Waals surface area contributed by atoms with Gasteiger partial charge in [0, 0.05) is 32.3 Å². The van der Waals surface area contributed by atoms with Crippen LogP contribution in [0.2, 0.25) is 0 Å². The van der Waals surface area contributed by atoms with Crippen LogP contribution in [0.3, 0.4) is 0 Å². The number of oxazole rings is 1. The van der Waals surface area contributed by atoms with Gasteiger partial charge in [0.2, 0.25) is 6.23 Å². The SMILES string of the molecule is CNC(=O)C(OS(=O)(=O)c1ccc(C)cc1)N(C)c1nc2ccc(OC/C(=C/F)CN)cc2o1. The molecule has 34 heavy (non-hydrogen) atoms. The molecule has 0 spiro atoms. The van der Waals surface area contributed by atoms with Crippen molar-refractivity contribution in [2.45, 2.75) is 18.0 Å². The standard InChI is InChI=1S/C22H25FN4O6S/c1-14-4-7-17(8-5-14)34(29,30)33-21(20(28)25-2)27(3)22-26-18-9-6-16(10-19(18)32-22)31-13-15(11-23)12-24/h4-11,21H,12-13,24H2,1-3H3,(H,25,28)/b15-11+. The largest absolute Gasteiger partial charge is 0.489 e. The predicted octanol–water partition coefficient (Wildman–Crippen LogP) is 2.24. The summed E-state index contributed by atoms with van der Waals surface area (Å²) in [4.78, 5) is 17.8. The maximum Gasteiger partial charge on any atom is 0.300 e. The van der Waals surface area contributed by atoms with Crippen LogP contribution in [0, 0.1) is 6.92 Å². The quantitative estimate of drug-likeness (QED) is 0.322. The average Bonchev–Trinajstić information content (AvgIpc) is 3.26. The van der Waals surface area contributed by atoms with Crippen molar-refractivity contribution in [2.75, 3.05) is 32.1 Å². The molecule has 3 aromatic rings. The molecule has 1 unspecified atom stereocenters. The van der Waals surface area contributed by atoms with Crippen molar-refractivity contribution >= 4 is 33.1 Å². The summed E-state index contributed by atoms with van der Waals surface area (Å²) in [6, 6.07) is 10.7. The number of carbonyl (C=O) groups excluding carboxylic acids is 1. The van der Waals surface area contributed by atoms with Gasteiger partial charge in [-0.1, -0.05) is 17.7 Å². The number of halogens is 1. The predicted molar refractivity (Wildman–Crippen MR) is 123 cm³/mol. The number of anilines is 1. The number of nitrogens with one attached hydrogen (secondary N) is 1. The second kappa shape index (κ2) is 10.6. The third-order valence-electron chi connectivity index (χ3n) is 4.84. The first-order valence-electron chi connectivity index (χ1n) is 10.1. The van der Waals surface area contributed by atoms with Crippen LogP contribution in [0.4, 0.5) is 10.4 Å². The van der Waals surface area contributed by atoms with Crippen molar-refractivity contribution in [1.82, 2.24) is 10.3 Å². The van der Waals surface area contributed by atoms with E-state index < -0.39 is 22.3 Å². The molecule has 0 fully saturated rings. The fourth-order valence-electron chi connectivity index (χ4n) is 2.83. The van der Waals surface area contributed by atoms with Crippen LogP contribution in [-0.4, -0.2) is 52.8 Å². The van der Waals surface area contributed by atoms with Crippen molar-refractivity contribution in [1.29, 1.82) is 0 Å². The van der Waals surface area contributed by atoms with E-state index in [9.17, 15) is 17.6 Å². The highest BCUT2D eigenvalue weighted by Gasteiger charge is 2.33. The minimum absolute atomic E-state index is 0.0162. The molecule has 10 nitrogen and oxygen atoms in total. The zero-order valence-corrected chi connectivity index (χ0v) is 19.6. The first kappa shape index (κ1) is 25.1. The summed E-state index contributed by atoms with van der Waals surface area (Å²) in [6.45, 7) is 1.79. The van der Waals surface area contributed by atoms with Gasteiger partial charge in [0.1, 0.15) is 17.9 Å². The Kier molecular flexibility index (Phi) is 7.87. The lowest BCUT2D eigenvalue weighted by Crippen LogP contribution is -2.47. The number of fused-ring (bicyclic) bond motifs is 1. The molecule has 0 aliphatic heterocycles. The summed E-state index contributed by atoms with van der Waals surface area (Å²) in [5.74, 6) is -0.344. The molecule has 12 heteroatoms. The lowest BCUT2D eigenvalue weighted by atomic mass is 10.2. The molecule has 2 aromatic carbocycles. The maximum atomic E-state index is 12.8. The first-order chi connectivity index (χ1) is 16.2. The molecule has 1 aromatic heterocycles. The molecule has 1 amide bonds. The van der Waals surface area contributed by atoms with Crippen molar-refractivity contribution in [3.8, 4) is 5.75 Å². The Hall–Kier alpha value is -3.48. The average molecular weight is 493 g/mol. The third-order valence-corrected chi connectivity index (χ3v) is 6.13. The number of nitrogens with zero attached hydrogens (tertiary/aromatic N) is 2. The van der Waals surface area contributed by atoms with Crippen LogP contribution in [0.15, 0.2) is 63.7 Å². The number of carbonyl (C=O) groups is 1. The minimum atomic E-state index is -4.28. The molecule has 0 saturated carbocycles. The second-order valence-corrected chi connectivity index (χ2v) is 8.90. The van der Waals surface area contributed by atoms with Gasteiger partial charge in [-0.25, -0.2) is 8.57 Å². The van der Waals surface area contributed by atoms with Crippen LogP contribution >= 0.6 is 0 Å². The molecule has 1 heterocycles. The maximum absolute atomic E-state index is 12.8. The van der Waals surface area contributed by atoms with E-state index in [0.29, 0.717) is 23.2 Å². The monoisotopic (exact) mass is 492 g/mol. The lowest BCUT2D eigenvalue weighted by molar-refractivity contribution is -0.127. The zero-order chi connectivity index (χ0) is 24.9. The van der Waals surface area contributed by atoms with E-state index in [2.05, 4.69) is 10.3 Å². The second-order valence-electron chi connectivity index (χ2n) is 7.33. The Balaban J connectivity index is 1.86. The molecule has 0 aliphatic carbocycles. The highest BCUT2D eigenvalue weighted by Crippen LogP contribution is 2.27. The summed E-state index contributed by atoms with van der Waals surface area (Å²) in [7, 11) is -1.52. The summed E-state index contributed by atoms with van der Waals surface area (Å²) >= 11 is 0. The molecule has 0 radical (unpaired) electrons. The first-order valence-corrected chi connectivity index (χ1v) is 11.5. The van der Waals surface area contributed by atoms with Gasteiger partial charge in [-0.15, -0.1) is 0 Å². The highest BCUT2D eigenvalue weighted by atomic mass is 32.2. The number of likely N-dealkylation sites (N-methyl/N-ethyl adjacent to an activating group) is 2. The Labute approximate surface area is 196 Å². The molecular formula is C22H25FN4O6S. The van der Waals surface area contributed by atoms with Gasteiger partial charge in [-0.2, -0.15) is 13.4 Å². The lowest BCUT2D eigenvalue weighted by Gasteiger charge is -2.24. The highest BCUT2D eigenvalue weighted by molar-refractivity contribution is 7.86. The Morgan fingerprint density at radius 1 is 1.29 bits per heavy atom. The number of ether oxygens (including phenoxy) is 1. The van der Waals surface area contributed by atoms with Gasteiger partial charge in [0.25, 0.3) is 16.0 Å². The molecule has 0 bridgehead atoms. The van der Waals surface area contributed by atoms with Crippen molar-refractivity contribution in [3.63, 3.8) is 0 Å². The van der Waals surface area contributed by atoms with E-state index in [1.165, 1.54) is 32.3 Å². The molecule has 1 atom stereocenters.